The molecule has 0 bridgehead atoms. The number of rotatable bonds is 6. The molecule has 1 aromatic heterocycles. The number of pyridine rings is 1. The first-order valence-electron chi connectivity index (χ1n) is 9.43. The van der Waals surface area contributed by atoms with Crippen LogP contribution in [-0.2, 0) is 0 Å². The van der Waals surface area contributed by atoms with Crippen LogP contribution in [-0.4, -0.2) is 12.2 Å². The number of benzene rings is 3. The number of hydrogen-bond acceptors (Lipinski definition) is 4. The standard InChI is InChI=1S/C23H17NS3.BF4/c1-4-10-18(11-5-1)25-21-16-22(26-19-12-6-2-7-13-19)24-23(17-21)27-20-14-8-3-9-15-20;2-1(3,4)5/h1-17H;/q;-1. The molecule has 0 unspecified atom stereocenters. The molecule has 3 aromatic carbocycles. The first kappa shape index (κ1) is 24.3. The Bertz CT molecular complexity index is 948. The fraction of sp³-hybridized carbons (Fsp3) is 0. The third kappa shape index (κ3) is 9.42. The summed E-state index contributed by atoms with van der Waals surface area (Å²) in [6.07, 6.45) is 0. The van der Waals surface area contributed by atoms with E-state index in [1.807, 2.05) is 18.2 Å². The molecule has 4 rings (SSSR count). The molecule has 0 aliphatic carbocycles. The fourth-order valence-corrected chi connectivity index (χ4v) is 5.31. The zero-order chi connectivity index (χ0) is 22.8. The van der Waals surface area contributed by atoms with E-state index in [0.29, 0.717) is 0 Å². The maximum absolute atomic E-state index is 9.75. The van der Waals surface area contributed by atoms with Crippen molar-refractivity contribution in [1.82, 2.24) is 4.98 Å². The van der Waals surface area contributed by atoms with Gasteiger partial charge in [-0.25, -0.2) is 4.98 Å². The van der Waals surface area contributed by atoms with Crippen molar-refractivity contribution in [1.29, 1.82) is 0 Å². The molecule has 32 heavy (non-hydrogen) atoms. The summed E-state index contributed by atoms with van der Waals surface area (Å²) in [5.41, 5.74) is 0. The molecule has 0 aliphatic heterocycles. The summed E-state index contributed by atoms with van der Waals surface area (Å²) in [5.74, 6) is 0. The summed E-state index contributed by atoms with van der Waals surface area (Å²) in [5, 5.41) is 2.03. The molecule has 0 saturated heterocycles. The summed E-state index contributed by atoms with van der Waals surface area (Å²) in [7, 11) is -6.00. The molecule has 1 heterocycles. The van der Waals surface area contributed by atoms with Crippen molar-refractivity contribution < 1.29 is 17.3 Å². The molecule has 0 spiro atoms. The lowest BCUT2D eigenvalue weighted by molar-refractivity contribution is 0.368. The summed E-state index contributed by atoms with van der Waals surface area (Å²) in [4.78, 5) is 9.71. The lowest BCUT2D eigenvalue weighted by atomic mass is 10.3. The minimum Gasteiger partial charge on any atom is -0.418 e. The SMILES string of the molecule is F[B-](F)(F)F.c1ccc(Sc2cc(Sc3ccccc3)nc(Sc3ccccc3)c2)cc1. The average Bonchev–Trinajstić information content (AvgIpc) is 2.75. The van der Waals surface area contributed by atoms with E-state index in [1.165, 1.54) is 19.6 Å². The molecule has 0 amide bonds. The van der Waals surface area contributed by atoms with E-state index in [0.717, 1.165) is 10.1 Å². The normalized spacial score (nSPS) is 10.9. The Hall–Kier alpha value is -2.36. The summed E-state index contributed by atoms with van der Waals surface area (Å²) < 4.78 is 39.0. The van der Waals surface area contributed by atoms with Gasteiger partial charge in [0.05, 0.1) is 0 Å². The molecular weight excluding hydrogens is 473 g/mol. The first-order chi connectivity index (χ1) is 15.3. The second kappa shape index (κ2) is 12.0. The molecule has 1 nitrogen and oxygen atoms in total. The van der Waals surface area contributed by atoms with E-state index in [4.69, 9.17) is 4.98 Å². The highest BCUT2D eigenvalue weighted by Crippen LogP contribution is 2.36. The van der Waals surface area contributed by atoms with Crippen molar-refractivity contribution >= 4 is 42.5 Å². The van der Waals surface area contributed by atoms with Crippen LogP contribution in [0.25, 0.3) is 0 Å². The van der Waals surface area contributed by atoms with E-state index in [1.54, 1.807) is 35.3 Å². The number of hydrogen-bond donors (Lipinski definition) is 0. The predicted octanol–water partition coefficient (Wildman–Crippen LogP) is 8.84. The van der Waals surface area contributed by atoms with Crippen molar-refractivity contribution in [3.63, 3.8) is 0 Å². The number of halogens is 4. The Labute approximate surface area is 197 Å². The highest BCUT2D eigenvalue weighted by atomic mass is 32.2. The zero-order valence-electron chi connectivity index (χ0n) is 16.6. The monoisotopic (exact) mass is 490 g/mol. The minimum absolute atomic E-state index is 1.01. The maximum atomic E-state index is 9.75. The van der Waals surface area contributed by atoms with Crippen LogP contribution in [0.15, 0.2) is 133 Å². The van der Waals surface area contributed by atoms with Gasteiger partial charge in [-0.1, -0.05) is 89.9 Å². The molecule has 0 radical (unpaired) electrons. The van der Waals surface area contributed by atoms with Gasteiger partial charge in [-0.05, 0) is 48.5 Å². The number of aromatic nitrogens is 1. The lowest BCUT2D eigenvalue weighted by Crippen LogP contribution is -2.02. The van der Waals surface area contributed by atoms with Gasteiger partial charge in [0, 0.05) is 19.6 Å². The second-order valence-electron chi connectivity index (χ2n) is 6.22. The third-order valence-electron chi connectivity index (χ3n) is 3.66. The summed E-state index contributed by atoms with van der Waals surface area (Å²) >= 11 is 5.17. The molecule has 4 aromatic rings. The number of nitrogens with zero attached hydrogens (tertiary/aromatic N) is 1. The topological polar surface area (TPSA) is 12.9 Å². The quantitative estimate of drug-likeness (QED) is 0.198. The molecule has 0 atom stereocenters. The smallest absolute Gasteiger partial charge is 0.418 e. The third-order valence-corrected chi connectivity index (χ3v) is 6.49. The van der Waals surface area contributed by atoms with Gasteiger partial charge in [0.15, 0.2) is 0 Å². The van der Waals surface area contributed by atoms with E-state index in [2.05, 4.69) is 84.9 Å². The van der Waals surface area contributed by atoms with Gasteiger partial charge in [-0.2, -0.15) is 0 Å². The maximum Gasteiger partial charge on any atom is 0.673 e. The average molecular weight is 490 g/mol. The van der Waals surface area contributed by atoms with Crippen LogP contribution in [0, 0.1) is 0 Å². The fourth-order valence-electron chi connectivity index (χ4n) is 2.46. The van der Waals surface area contributed by atoms with E-state index in [9.17, 15) is 17.3 Å². The Morgan fingerprint density at radius 3 is 1.12 bits per heavy atom. The van der Waals surface area contributed by atoms with Gasteiger partial charge in [0.25, 0.3) is 0 Å². The van der Waals surface area contributed by atoms with Gasteiger partial charge in [0.2, 0.25) is 0 Å². The van der Waals surface area contributed by atoms with Gasteiger partial charge < -0.3 is 17.3 Å². The zero-order valence-corrected chi connectivity index (χ0v) is 19.0. The molecular formula is C23H17BF4NS3-. The van der Waals surface area contributed by atoms with Crippen LogP contribution in [0.3, 0.4) is 0 Å². The first-order valence-corrected chi connectivity index (χ1v) is 11.9. The van der Waals surface area contributed by atoms with Gasteiger partial charge in [-0.3, -0.25) is 0 Å². The Morgan fingerprint density at radius 2 is 0.781 bits per heavy atom. The van der Waals surface area contributed by atoms with Gasteiger partial charge >= 0.3 is 7.25 Å². The van der Waals surface area contributed by atoms with Gasteiger partial charge in [-0.15, -0.1) is 0 Å². The van der Waals surface area contributed by atoms with Crippen molar-refractivity contribution in [3.05, 3.63) is 103 Å². The van der Waals surface area contributed by atoms with Crippen molar-refractivity contribution in [3.8, 4) is 0 Å². The van der Waals surface area contributed by atoms with Crippen molar-refractivity contribution in [2.45, 2.75) is 29.6 Å². The predicted molar refractivity (Wildman–Crippen MR) is 126 cm³/mol. The Balaban J connectivity index is 0.000000523. The lowest BCUT2D eigenvalue weighted by Gasteiger charge is -2.09. The highest BCUT2D eigenvalue weighted by molar-refractivity contribution is 8.00. The van der Waals surface area contributed by atoms with Crippen LogP contribution in [0.4, 0.5) is 17.3 Å². The Kier molecular flexibility index (Phi) is 9.14. The highest BCUT2D eigenvalue weighted by Gasteiger charge is 2.20. The van der Waals surface area contributed by atoms with Crippen molar-refractivity contribution in [2.75, 3.05) is 0 Å². The second-order valence-corrected chi connectivity index (χ2v) is 9.55. The van der Waals surface area contributed by atoms with Crippen LogP contribution >= 0.6 is 35.3 Å². The Morgan fingerprint density at radius 1 is 0.469 bits per heavy atom. The summed E-state index contributed by atoms with van der Waals surface area (Å²) in [6, 6.07) is 35.6. The van der Waals surface area contributed by atoms with Crippen molar-refractivity contribution in [2.24, 2.45) is 0 Å². The molecule has 0 fully saturated rings. The molecule has 0 aliphatic rings. The molecule has 0 saturated carbocycles. The molecule has 9 heteroatoms. The van der Waals surface area contributed by atoms with Crippen LogP contribution < -0.4 is 0 Å². The van der Waals surface area contributed by atoms with Crippen LogP contribution in [0.5, 0.6) is 0 Å². The summed E-state index contributed by atoms with van der Waals surface area (Å²) in [6.45, 7) is 0. The van der Waals surface area contributed by atoms with E-state index in [-0.39, 0.29) is 0 Å². The largest absolute Gasteiger partial charge is 0.673 e. The molecule has 0 N–H and O–H groups in total. The minimum atomic E-state index is -6.00. The van der Waals surface area contributed by atoms with E-state index < -0.39 is 7.25 Å². The van der Waals surface area contributed by atoms with Crippen LogP contribution in [0.2, 0.25) is 0 Å². The van der Waals surface area contributed by atoms with Crippen LogP contribution in [0.1, 0.15) is 0 Å². The van der Waals surface area contributed by atoms with Gasteiger partial charge in [0.1, 0.15) is 10.1 Å². The molecule has 164 valence electrons. The van der Waals surface area contributed by atoms with E-state index >= 15 is 0 Å².